The third kappa shape index (κ3) is 2.41. The van der Waals surface area contributed by atoms with Crippen LogP contribution in [0.5, 0.6) is 0 Å². The summed E-state index contributed by atoms with van der Waals surface area (Å²) in [7, 11) is 0. The van der Waals surface area contributed by atoms with Crippen LogP contribution in [0.3, 0.4) is 0 Å². The second-order valence-electron chi connectivity index (χ2n) is 3.50. The summed E-state index contributed by atoms with van der Waals surface area (Å²) in [6, 6.07) is 4.94. The van der Waals surface area contributed by atoms with Crippen molar-refractivity contribution >= 4 is 21.6 Å². The second-order valence-corrected chi connectivity index (χ2v) is 4.41. The number of halogens is 2. The average molecular weight is 284 g/mol. The van der Waals surface area contributed by atoms with E-state index in [9.17, 15) is 4.39 Å². The summed E-state index contributed by atoms with van der Waals surface area (Å²) in [5, 5.41) is 9.77. The van der Waals surface area contributed by atoms with Gasteiger partial charge in [0, 0.05) is 22.3 Å². The molecule has 0 fully saturated rings. The zero-order valence-electron chi connectivity index (χ0n) is 8.72. The predicted molar refractivity (Wildman–Crippen MR) is 64.8 cm³/mol. The Balaban J connectivity index is 2.08. The van der Waals surface area contributed by atoms with Crippen LogP contribution in [-0.4, -0.2) is 10.2 Å². The van der Waals surface area contributed by atoms with Gasteiger partial charge < -0.3 is 5.32 Å². The van der Waals surface area contributed by atoms with Crippen LogP contribution in [0.4, 0.5) is 10.1 Å². The number of hydrogen-bond acceptors (Lipinski definition) is 2. The number of anilines is 1. The monoisotopic (exact) mass is 283 g/mol. The first-order chi connectivity index (χ1) is 7.66. The van der Waals surface area contributed by atoms with Crippen LogP contribution < -0.4 is 5.32 Å². The first-order valence-electron chi connectivity index (χ1n) is 4.84. The lowest BCUT2D eigenvalue weighted by molar-refractivity contribution is 0.629. The first kappa shape index (κ1) is 11.1. The highest BCUT2D eigenvalue weighted by molar-refractivity contribution is 9.10. The second kappa shape index (κ2) is 4.65. The fourth-order valence-corrected chi connectivity index (χ4v) is 1.71. The van der Waals surface area contributed by atoms with E-state index in [-0.39, 0.29) is 5.82 Å². The van der Waals surface area contributed by atoms with Gasteiger partial charge >= 0.3 is 0 Å². The number of aryl methyl sites for hydroxylation is 1. The van der Waals surface area contributed by atoms with E-state index in [0.717, 1.165) is 15.7 Å². The van der Waals surface area contributed by atoms with Crippen molar-refractivity contribution in [1.82, 2.24) is 10.2 Å². The number of H-pyrrole nitrogens is 1. The Morgan fingerprint density at radius 2 is 2.31 bits per heavy atom. The fourth-order valence-electron chi connectivity index (χ4n) is 1.38. The molecule has 0 amide bonds. The highest BCUT2D eigenvalue weighted by Gasteiger charge is 2.04. The van der Waals surface area contributed by atoms with E-state index in [1.807, 2.05) is 6.92 Å². The van der Waals surface area contributed by atoms with Crippen LogP contribution in [-0.2, 0) is 6.54 Å². The SMILES string of the molecule is Cc1[nH]ncc1CNc1ccc(Br)cc1F. The summed E-state index contributed by atoms with van der Waals surface area (Å²) in [6.07, 6.45) is 1.74. The van der Waals surface area contributed by atoms with E-state index >= 15 is 0 Å². The molecule has 0 atom stereocenters. The Hall–Kier alpha value is -1.36. The molecule has 0 radical (unpaired) electrons. The van der Waals surface area contributed by atoms with Crippen LogP contribution in [0.25, 0.3) is 0 Å². The molecule has 2 N–H and O–H groups in total. The molecule has 5 heteroatoms. The van der Waals surface area contributed by atoms with Crippen molar-refractivity contribution < 1.29 is 4.39 Å². The third-order valence-corrected chi connectivity index (χ3v) is 2.83. The van der Waals surface area contributed by atoms with Crippen molar-refractivity contribution in [3.05, 3.63) is 45.9 Å². The maximum Gasteiger partial charge on any atom is 0.147 e. The van der Waals surface area contributed by atoms with E-state index in [1.165, 1.54) is 6.07 Å². The molecule has 0 unspecified atom stereocenters. The Kier molecular flexibility index (Phi) is 3.24. The van der Waals surface area contributed by atoms with Gasteiger partial charge in [-0.2, -0.15) is 5.10 Å². The molecule has 16 heavy (non-hydrogen) atoms. The van der Waals surface area contributed by atoms with Crippen molar-refractivity contribution in [3.8, 4) is 0 Å². The van der Waals surface area contributed by atoms with E-state index in [0.29, 0.717) is 12.2 Å². The minimum atomic E-state index is -0.268. The molecule has 3 nitrogen and oxygen atoms in total. The summed E-state index contributed by atoms with van der Waals surface area (Å²) in [4.78, 5) is 0. The Morgan fingerprint density at radius 3 is 2.94 bits per heavy atom. The zero-order valence-corrected chi connectivity index (χ0v) is 10.3. The van der Waals surface area contributed by atoms with Gasteiger partial charge in [0.25, 0.3) is 0 Å². The van der Waals surface area contributed by atoms with E-state index < -0.39 is 0 Å². The van der Waals surface area contributed by atoms with E-state index in [1.54, 1.807) is 18.3 Å². The highest BCUT2D eigenvalue weighted by atomic mass is 79.9. The number of aromatic nitrogens is 2. The normalized spacial score (nSPS) is 10.4. The lowest BCUT2D eigenvalue weighted by atomic mass is 10.2. The molecular weight excluding hydrogens is 273 g/mol. The van der Waals surface area contributed by atoms with Gasteiger partial charge in [-0.05, 0) is 25.1 Å². The number of aromatic amines is 1. The molecule has 0 aliphatic heterocycles. The van der Waals surface area contributed by atoms with Gasteiger partial charge in [-0.15, -0.1) is 0 Å². The Bertz CT molecular complexity index is 496. The fraction of sp³-hybridized carbons (Fsp3) is 0.182. The summed E-state index contributed by atoms with van der Waals surface area (Å²) in [6.45, 7) is 2.49. The summed E-state index contributed by atoms with van der Waals surface area (Å²) >= 11 is 3.21. The molecule has 0 spiro atoms. The quantitative estimate of drug-likeness (QED) is 0.908. The molecule has 0 saturated carbocycles. The molecule has 1 heterocycles. The lowest BCUT2D eigenvalue weighted by Crippen LogP contribution is -2.01. The van der Waals surface area contributed by atoms with Crippen molar-refractivity contribution in [1.29, 1.82) is 0 Å². The van der Waals surface area contributed by atoms with Gasteiger partial charge in [0.15, 0.2) is 0 Å². The van der Waals surface area contributed by atoms with Gasteiger partial charge in [0.1, 0.15) is 5.82 Å². The molecule has 0 bridgehead atoms. The maximum atomic E-state index is 13.5. The van der Waals surface area contributed by atoms with Gasteiger partial charge in [-0.1, -0.05) is 15.9 Å². The molecular formula is C11H11BrFN3. The highest BCUT2D eigenvalue weighted by Crippen LogP contribution is 2.20. The number of rotatable bonds is 3. The van der Waals surface area contributed by atoms with Crippen LogP contribution >= 0.6 is 15.9 Å². The van der Waals surface area contributed by atoms with Crippen LogP contribution in [0.2, 0.25) is 0 Å². The van der Waals surface area contributed by atoms with Crippen molar-refractivity contribution in [2.45, 2.75) is 13.5 Å². The largest absolute Gasteiger partial charge is 0.378 e. The van der Waals surface area contributed by atoms with Crippen molar-refractivity contribution in [2.24, 2.45) is 0 Å². The van der Waals surface area contributed by atoms with Crippen LogP contribution in [0.1, 0.15) is 11.3 Å². The number of benzene rings is 1. The topological polar surface area (TPSA) is 40.7 Å². The maximum absolute atomic E-state index is 13.5. The molecule has 2 rings (SSSR count). The molecule has 1 aromatic carbocycles. The minimum Gasteiger partial charge on any atom is -0.378 e. The predicted octanol–water partition coefficient (Wildman–Crippen LogP) is 3.23. The standard InChI is InChI=1S/C11H11BrFN3/c1-7-8(6-15-16-7)5-14-11-3-2-9(12)4-10(11)13/h2-4,6,14H,5H2,1H3,(H,15,16). The molecule has 2 aromatic rings. The Labute approximate surface area is 101 Å². The molecule has 0 aliphatic carbocycles. The van der Waals surface area contributed by atoms with Gasteiger partial charge in [0.2, 0.25) is 0 Å². The summed E-state index contributed by atoms with van der Waals surface area (Å²) in [5.74, 6) is -0.268. The summed E-state index contributed by atoms with van der Waals surface area (Å²) < 4.78 is 14.2. The average Bonchev–Trinajstić information content (AvgIpc) is 2.63. The third-order valence-electron chi connectivity index (χ3n) is 2.33. The van der Waals surface area contributed by atoms with Gasteiger partial charge in [0.05, 0.1) is 11.9 Å². The molecule has 84 valence electrons. The van der Waals surface area contributed by atoms with Crippen LogP contribution in [0.15, 0.2) is 28.9 Å². The van der Waals surface area contributed by atoms with Crippen molar-refractivity contribution in [3.63, 3.8) is 0 Å². The van der Waals surface area contributed by atoms with E-state index in [2.05, 4.69) is 31.4 Å². The first-order valence-corrected chi connectivity index (χ1v) is 5.64. The number of nitrogens with zero attached hydrogens (tertiary/aromatic N) is 1. The lowest BCUT2D eigenvalue weighted by Gasteiger charge is -2.07. The Morgan fingerprint density at radius 1 is 1.50 bits per heavy atom. The van der Waals surface area contributed by atoms with Crippen molar-refractivity contribution in [2.75, 3.05) is 5.32 Å². The molecule has 0 aliphatic rings. The van der Waals surface area contributed by atoms with Gasteiger partial charge in [-0.3, -0.25) is 5.10 Å². The number of nitrogens with one attached hydrogen (secondary N) is 2. The minimum absolute atomic E-state index is 0.268. The molecule has 1 aromatic heterocycles. The van der Waals surface area contributed by atoms with Crippen LogP contribution in [0, 0.1) is 12.7 Å². The summed E-state index contributed by atoms with van der Waals surface area (Å²) in [5.41, 5.74) is 2.51. The molecule has 0 saturated heterocycles. The van der Waals surface area contributed by atoms with Gasteiger partial charge in [-0.25, -0.2) is 4.39 Å². The van der Waals surface area contributed by atoms with E-state index in [4.69, 9.17) is 0 Å². The zero-order chi connectivity index (χ0) is 11.5. The number of hydrogen-bond donors (Lipinski definition) is 2. The smallest absolute Gasteiger partial charge is 0.147 e.